The Labute approximate surface area is 157 Å². The lowest BCUT2D eigenvalue weighted by molar-refractivity contribution is -0.117. The molecule has 1 fully saturated rings. The number of nitrogens with two attached hydrogens (primary N) is 1. The minimum atomic E-state index is 0. The molecule has 5 nitrogen and oxygen atoms in total. The van der Waals surface area contributed by atoms with E-state index >= 15 is 0 Å². The van der Waals surface area contributed by atoms with Crippen LogP contribution in [0.25, 0.3) is 0 Å². The minimum absolute atomic E-state index is 0. The molecular formula is C19H31ClN2O3. The molecule has 1 aromatic carbocycles. The van der Waals surface area contributed by atoms with E-state index < -0.39 is 0 Å². The van der Waals surface area contributed by atoms with Crippen LogP contribution in [0.3, 0.4) is 0 Å². The average molecular weight is 371 g/mol. The number of anilines is 1. The summed E-state index contributed by atoms with van der Waals surface area (Å²) in [7, 11) is 0. The Morgan fingerprint density at radius 3 is 2.44 bits per heavy atom. The smallest absolute Gasteiger partial charge is 0.224 e. The molecule has 1 aliphatic rings. The van der Waals surface area contributed by atoms with Crippen molar-refractivity contribution in [3.05, 3.63) is 18.2 Å². The average Bonchev–Trinajstić information content (AvgIpc) is 2.96. The maximum atomic E-state index is 12.3. The second-order valence-corrected chi connectivity index (χ2v) is 6.47. The molecule has 6 heteroatoms. The van der Waals surface area contributed by atoms with Gasteiger partial charge in [-0.2, -0.15) is 0 Å². The summed E-state index contributed by atoms with van der Waals surface area (Å²) in [5.74, 6) is 1.72. The van der Waals surface area contributed by atoms with E-state index in [0.717, 1.165) is 43.5 Å². The lowest BCUT2D eigenvalue weighted by atomic mass is 10.00. The summed E-state index contributed by atoms with van der Waals surface area (Å²) in [5, 5.41) is 2.96. The maximum Gasteiger partial charge on any atom is 0.224 e. The summed E-state index contributed by atoms with van der Waals surface area (Å²) in [4.78, 5) is 12.3. The predicted molar refractivity (Wildman–Crippen MR) is 104 cm³/mol. The van der Waals surface area contributed by atoms with E-state index in [0.29, 0.717) is 31.3 Å². The van der Waals surface area contributed by atoms with Gasteiger partial charge in [-0.3, -0.25) is 4.79 Å². The van der Waals surface area contributed by atoms with Crippen LogP contribution in [0.4, 0.5) is 5.69 Å². The van der Waals surface area contributed by atoms with Crippen LogP contribution in [0.2, 0.25) is 0 Å². The number of nitrogens with one attached hydrogen (secondary N) is 1. The second-order valence-electron chi connectivity index (χ2n) is 6.47. The molecule has 0 aromatic heterocycles. The van der Waals surface area contributed by atoms with Crippen LogP contribution in [-0.2, 0) is 4.79 Å². The van der Waals surface area contributed by atoms with Crippen LogP contribution in [0.5, 0.6) is 11.5 Å². The lowest BCUT2D eigenvalue weighted by Gasteiger charge is -2.16. The van der Waals surface area contributed by atoms with Gasteiger partial charge in [0.1, 0.15) is 0 Å². The van der Waals surface area contributed by atoms with Gasteiger partial charge in [0.25, 0.3) is 0 Å². The van der Waals surface area contributed by atoms with Crippen LogP contribution in [0.1, 0.15) is 52.4 Å². The van der Waals surface area contributed by atoms with E-state index in [1.54, 1.807) is 0 Å². The van der Waals surface area contributed by atoms with Crippen molar-refractivity contribution in [1.29, 1.82) is 0 Å². The second kappa shape index (κ2) is 11.2. The zero-order valence-corrected chi connectivity index (χ0v) is 16.1. The Bertz CT molecular complexity index is 539. The first-order chi connectivity index (χ1) is 11.6. The van der Waals surface area contributed by atoms with Gasteiger partial charge in [0, 0.05) is 24.2 Å². The first-order valence-electron chi connectivity index (χ1n) is 9.09. The molecular weight excluding hydrogens is 340 g/mol. The highest BCUT2D eigenvalue weighted by Crippen LogP contribution is 2.32. The van der Waals surface area contributed by atoms with Crippen molar-refractivity contribution in [3.63, 3.8) is 0 Å². The number of hydrogen-bond acceptors (Lipinski definition) is 4. The summed E-state index contributed by atoms with van der Waals surface area (Å²) in [6.07, 6.45) is 5.54. The summed E-state index contributed by atoms with van der Waals surface area (Å²) < 4.78 is 11.5. The Kier molecular flexibility index (Phi) is 9.68. The van der Waals surface area contributed by atoms with Crippen molar-refractivity contribution in [1.82, 2.24) is 0 Å². The van der Waals surface area contributed by atoms with Crippen LogP contribution >= 0.6 is 12.4 Å². The summed E-state index contributed by atoms with van der Waals surface area (Å²) in [6.45, 7) is 5.39. The highest BCUT2D eigenvalue weighted by atomic mass is 35.5. The number of carbonyl (C=O) groups excluding carboxylic acids is 1. The van der Waals surface area contributed by atoms with E-state index in [-0.39, 0.29) is 24.4 Å². The highest BCUT2D eigenvalue weighted by Gasteiger charge is 2.26. The summed E-state index contributed by atoms with van der Waals surface area (Å²) >= 11 is 0. The van der Waals surface area contributed by atoms with E-state index in [1.807, 2.05) is 18.2 Å². The fraction of sp³-hybridized carbons (Fsp3) is 0.632. The lowest BCUT2D eigenvalue weighted by Crippen LogP contribution is -2.28. The van der Waals surface area contributed by atoms with Crippen molar-refractivity contribution in [2.75, 3.05) is 18.5 Å². The molecule has 1 saturated carbocycles. The number of carbonyl (C=O) groups is 1. The largest absolute Gasteiger partial charge is 0.490 e. The molecule has 1 aromatic rings. The van der Waals surface area contributed by atoms with Crippen molar-refractivity contribution < 1.29 is 14.3 Å². The third kappa shape index (κ3) is 6.75. The van der Waals surface area contributed by atoms with E-state index in [9.17, 15) is 4.79 Å². The highest BCUT2D eigenvalue weighted by molar-refractivity contribution is 5.91. The quantitative estimate of drug-likeness (QED) is 0.685. The fourth-order valence-corrected chi connectivity index (χ4v) is 3.01. The fourth-order valence-electron chi connectivity index (χ4n) is 3.01. The zero-order chi connectivity index (χ0) is 17.4. The zero-order valence-electron chi connectivity index (χ0n) is 15.3. The van der Waals surface area contributed by atoms with Crippen LogP contribution < -0.4 is 20.5 Å². The third-order valence-electron chi connectivity index (χ3n) is 4.32. The molecule has 0 bridgehead atoms. The molecule has 2 atom stereocenters. The molecule has 1 aliphatic carbocycles. The first-order valence-corrected chi connectivity index (χ1v) is 9.09. The monoisotopic (exact) mass is 370 g/mol. The van der Waals surface area contributed by atoms with Crippen molar-refractivity contribution >= 4 is 24.0 Å². The summed E-state index contributed by atoms with van der Waals surface area (Å²) in [6, 6.07) is 5.71. The normalized spacial score (nSPS) is 19.2. The molecule has 0 aliphatic heterocycles. The molecule has 3 N–H and O–H groups in total. The molecule has 0 spiro atoms. The van der Waals surface area contributed by atoms with E-state index in [1.165, 1.54) is 0 Å². The van der Waals surface area contributed by atoms with Crippen molar-refractivity contribution in [2.45, 2.75) is 58.4 Å². The van der Waals surface area contributed by atoms with Gasteiger partial charge in [0.15, 0.2) is 11.5 Å². The molecule has 0 saturated heterocycles. The number of amides is 1. The van der Waals surface area contributed by atoms with Crippen LogP contribution in [0, 0.1) is 5.92 Å². The molecule has 142 valence electrons. The van der Waals surface area contributed by atoms with Gasteiger partial charge in [-0.05, 0) is 43.7 Å². The molecule has 0 heterocycles. The van der Waals surface area contributed by atoms with Crippen molar-refractivity contribution in [2.24, 2.45) is 11.7 Å². The third-order valence-corrected chi connectivity index (χ3v) is 4.32. The Balaban J connectivity index is 0.00000312. The van der Waals surface area contributed by atoms with Gasteiger partial charge in [-0.15, -0.1) is 12.4 Å². The van der Waals surface area contributed by atoms with Gasteiger partial charge < -0.3 is 20.5 Å². The van der Waals surface area contributed by atoms with E-state index in [4.69, 9.17) is 15.2 Å². The Morgan fingerprint density at radius 1 is 1.16 bits per heavy atom. The number of hydrogen-bond donors (Lipinski definition) is 2. The number of benzene rings is 1. The minimum Gasteiger partial charge on any atom is -0.490 e. The SMILES string of the molecule is CCCOc1ccc(NC(=O)C[C@@H]2CCC[C@H]2N)cc1OCCC.Cl. The van der Waals surface area contributed by atoms with Gasteiger partial charge in [0.2, 0.25) is 5.91 Å². The van der Waals surface area contributed by atoms with E-state index in [2.05, 4.69) is 19.2 Å². The maximum absolute atomic E-state index is 12.3. The molecule has 0 radical (unpaired) electrons. The number of rotatable bonds is 9. The topological polar surface area (TPSA) is 73.6 Å². The van der Waals surface area contributed by atoms with Gasteiger partial charge in [-0.25, -0.2) is 0 Å². The first kappa shape index (κ1) is 21.6. The molecule has 2 rings (SSSR count). The van der Waals surface area contributed by atoms with Gasteiger partial charge in [-0.1, -0.05) is 20.3 Å². The molecule has 1 amide bonds. The summed E-state index contributed by atoms with van der Waals surface area (Å²) in [5.41, 5.74) is 6.79. The number of halogens is 1. The predicted octanol–water partition coefficient (Wildman–Crippen LogP) is 4.14. The standard InChI is InChI=1S/C19H30N2O3.ClH/c1-3-10-23-17-9-8-15(13-18(17)24-11-4-2)21-19(22)12-14-6-5-7-16(14)20;/h8-9,13-14,16H,3-7,10-12,20H2,1-2H3,(H,21,22);1H/t14-,16+;/m0./s1. The Hall–Kier alpha value is -1.46. The van der Waals surface area contributed by atoms with Crippen LogP contribution in [0.15, 0.2) is 18.2 Å². The number of ether oxygens (including phenoxy) is 2. The van der Waals surface area contributed by atoms with Crippen molar-refractivity contribution in [3.8, 4) is 11.5 Å². The van der Waals surface area contributed by atoms with Crippen LogP contribution in [-0.4, -0.2) is 25.2 Å². The van der Waals surface area contributed by atoms with Gasteiger partial charge >= 0.3 is 0 Å². The molecule has 25 heavy (non-hydrogen) atoms. The Morgan fingerprint density at radius 2 is 1.84 bits per heavy atom. The molecule has 0 unspecified atom stereocenters. The van der Waals surface area contributed by atoms with Gasteiger partial charge in [0.05, 0.1) is 13.2 Å².